The molecule has 0 saturated carbocycles. The van der Waals surface area contributed by atoms with Crippen molar-refractivity contribution >= 4 is 27.9 Å². The van der Waals surface area contributed by atoms with Crippen LogP contribution in [-0.4, -0.2) is 49.4 Å². The van der Waals surface area contributed by atoms with Gasteiger partial charge in [-0.3, -0.25) is 0 Å². The number of halogens is 1. The monoisotopic (exact) mass is 426 g/mol. The molecule has 0 aliphatic carbocycles. The average Bonchev–Trinajstić information content (AvgIpc) is 2.63. The van der Waals surface area contributed by atoms with Gasteiger partial charge in [-0.2, -0.15) is 0 Å². The molecular weight excluding hydrogens is 404 g/mol. The third kappa shape index (κ3) is 10.6. The number of alkyl halides is 1. The second kappa shape index (κ2) is 13.0. The largest absolute Gasteiger partial charge is 0.478 e. The van der Waals surface area contributed by atoms with Gasteiger partial charge in [-0.1, -0.05) is 52.3 Å². The maximum Gasteiger partial charge on any atom is 0.335 e. The molecule has 0 radical (unpaired) electrons. The Hall–Kier alpha value is -2.22. The summed E-state index contributed by atoms with van der Waals surface area (Å²) in [6.45, 7) is 3.26. The van der Waals surface area contributed by atoms with E-state index in [1.807, 2.05) is 0 Å². The normalized spacial score (nSPS) is 13.0. The molecule has 7 heteroatoms. The minimum absolute atomic E-state index is 0.206. The Bertz CT molecular complexity index is 586. The van der Waals surface area contributed by atoms with Gasteiger partial charge in [-0.05, 0) is 38.1 Å². The molecule has 0 bridgehead atoms. The first-order valence-corrected chi connectivity index (χ1v) is 8.65. The molecule has 0 amide bonds. The van der Waals surface area contributed by atoms with Gasteiger partial charge in [0.15, 0.2) is 0 Å². The molecule has 2 unspecified atom stereocenters. The van der Waals surface area contributed by atoms with Crippen molar-refractivity contribution in [2.24, 2.45) is 0 Å². The van der Waals surface area contributed by atoms with Gasteiger partial charge in [0.1, 0.15) is 0 Å². The molecule has 0 spiro atoms. The highest BCUT2D eigenvalue weighted by Gasteiger charge is 2.15. The zero-order chi connectivity index (χ0) is 20.1. The SMILES string of the molecule is CC(O)C(Br)C(C)O.O=C(O)c1ccccc1.O=C(O)c1ccccc1. The van der Waals surface area contributed by atoms with Crippen LogP contribution in [0.5, 0.6) is 0 Å². The molecule has 142 valence electrons. The first kappa shape index (κ1) is 23.8. The number of aromatic carboxylic acids is 2. The quantitative estimate of drug-likeness (QED) is 0.557. The number of carbonyl (C=O) groups is 2. The average molecular weight is 427 g/mol. The molecule has 0 aliphatic rings. The maximum atomic E-state index is 10.2. The number of carboxylic acid groups (broad SMARTS) is 2. The summed E-state index contributed by atoms with van der Waals surface area (Å²) in [6, 6.07) is 16.6. The van der Waals surface area contributed by atoms with E-state index in [1.54, 1.807) is 74.5 Å². The number of rotatable bonds is 4. The van der Waals surface area contributed by atoms with Crippen molar-refractivity contribution in [2.45, 2.75) is 30.9 Å². The van der Waals surface area contributed by atoms with Crippen LogP contribution in [-0.2, 0) is 0 Å². The van der Waals surface area contributed by atoms with Crippen LogP contribution in [0.4, 0.5) is 0 Å². The number of hydrogen-bond donors (Lipinski definition) is 4. The van der Waals surface area contributed by atoms with Gasteiger partial charge >= 0.3 is 11.9 Å². The van der Waals surface area contributed by atoms with Gasteiger partial charge in [-0.15, -0.1) is 0 Å². The Balaban J connectivity index is 0.000000362. The van der Waals surface area contributed by atoms with E-state index in [0.29, 0.717) is 11.1 Å². The maximum absolute atomic E-state index is 10.2. The van der Waals surface area contributed by atoms with Crippen molar-refractivity contribution in [3.8, 4) is 0 Å². The molecule has 2 atom stereocenters. The van der Waals surface area contributed by atoms with Crippen LogP contribution < -0.4 is 0 Å². The van der Waals surface area contributed by atoms with Crippen LogP contribution in [0.15, 0.2) is 60.7 Å². The van der Waals surface area contributed by atoms with Crippen LogP contribution in [0.1, 0.15) is 34.6 Å². The van der Waals surface area contributed by atoms with Gasteiger partial charge in [0.25, 0.3) is 0 Å². The summed E-state index contributed by atoms with van der Waals surface area (Å²) in [7, 11) is 0. The number of aliphatic hydroxyl groups is 2. The van der Waals surface area contributed by atoms with Crippen molar-refractivity contribution in [3.63, 3.8) is 0 Å². The fraction of sp³-hybridized carbons (Fsp3) is 0.263. The third-order valence-corrected chi connectivity index (χ3v) is 4.49. The molecule has 0 fully saturated rings. The zero-order valence-corrected chi connectivity index (χ0v) is 16.1. The standard InChI is InChI=1S/2C7H6O2.C5H11BrO2/c2*8-7(9)6-4-2-1-3-5-6;1-3(7)5(6)4(2)8/h2*1-5H,(H,8,9);3-5,7-8H,1-2H3. The molecule has 0 saturated heterocycles. The van der Waals surface area contributed by atoms with Crippen molar-refractivity contribution in [3.05, 3.63) is 71.8 Å². The molecule has 2 aromatic carbocycles. The number of benzene rings is 2. The smallest absolute Gasteiger partial charge is 0.335 e. The predicted molar refractivity (Wildman–Crippen MR) is 103 cm³/mol. The van der Waals surface area contributed by atoms with E-state index in [4.69, 9.17) is 20.4 Å². The lowest BCUT2D eigenvalue weighted by Crippen LogP contribution is -2.27. The Morgan fingerprint density at radius 3 is 1.12 bits per heavy atom. The molecule has 0 aliphatic heterocycles. The molecule has 2 rings (SSSR count). The Morgan fingerprint density at radius 1 is 0.731 bits per heavy atom. The molecule has 6 nitrogen and oxygen atoms in total. The zero-order valence-electron chi connectivity index (χ0n) is 14.5. The first-order valence-electron chi connectivity index (χ1n) is 7.73. The summed E-state index contributed by atoms with van der Waals surface area (Å²) in [5.74, 6) is -1.76. The molecule has 26 heavy (non-hydrogen) atoms. The lowest BCUT2D eigenvalue weighted by Gasteiger charge is -2.14. The minimum atomic E-state index is -0.879. The highest BCUT2D eigenvalue weighted by atomic mass is 79.9. The summed E-state index contributed by atoms with van der Waals surface area (Å²) >= 11 is 3.11. The Labute approximate surface area is 160 Å². The fourth-order valence-electron chi connectivity index (χ4n) is 1.56. The summed E-state index contributed by atoms with van der Waals surface area (Å²) in [5.41, 5.74) is 0.662. The number of hydrogen-bond acceptors (Lipinski definition) is 4. The molecule has 2 aromatic rings. The molecule has 4 N–H and O–H groups in total. The van der Waals surface area contributed by atoms with E-state index in [-0.39, 0.29) is 4.83 Å². The van der Waals surface area contributed by atoms with E-state index >= 15 is 0 Å². The summed E-state index contributed by atoms with van der Waals surface area (Å²) in [6.07, 6.45) is -0.981. The van der Waals surface area contributed by atoms with E-state index < -0.39 is 24.1 Å². The van der Waals surface area contributed by atoms with Crippen LogP contribution in [0.3, 0.4) is 0 Å². The van der Waals surface area contributed by atoms with Gasteiger partial charge < -0.3 is 20.4 Å². The van der Waals surface area contributed by atoms with Gasteiger partial charge in [0, 0.05) is 0 Å². The fourth-order valence-corrected chi connectivity index (χ4v) is 1.56. The second-order valence-corrected chi connectivity index (χ2v) is 6.33. The van der Waals surface area contributed by atoms with Gasteiger partial charge in [-0.25, -0.2) is 9.59 Å². The summed E-state index contributed by atoms with van der Waals surface area (Å²) in [5, 5.41) is 34.3. The highest BCUT2D eigenvalue weighted by molar-refractivity contribution is 9.09. The van der Waals surface area contributed by atoms with Crippen LogP contribution in [0, 0.1) is 0 Å². The topological polar surface area (TPSA) is 115 Å². The van der Waals surface area contributed by atoms with E-state index in [2.05, 4.69) is 15.9 Å². The minimum Gasteiger partial charge on any atom is -0.478 e. The Morgan fingerprint density at radius 2 is 1.00 bits per heavy atom. The molecular formula is C19H23BrO6. The lowest BCUT2D eigenvalue weighted by atomic mass is 10.2. The summed E-state index contributed by atoms with van der Waals surface area (Å²) < 4.78 is 0. The number of aliphatic hydroxyl groups excluding tert-OH is 2. The first-order chi connectivity index (χ1) is 12.2. The number of carboxylic acids is 2. The van der Waals surface area contributed by atoms with Crippen molar-refractivity contribution < 1.29 is 30.0 Å². The van der Waals surface area contributed by atoms with Crippen molar-refractivity contribution in [2.75, 3.05) is 0 Å². The van der Waals surface area contributed by atoms with E-state index in [0.717, 1.165) is 0 Å². The predicted octanol–water partition coefficient (Wildman–Crippen LogP) is 3.28. The molecule has 0 heterocycles. The van der Waals surface area contributed by atoms with Crippen molar-refractivity contribution in [1.82, 2.24) is 0 Å². The van der Waals surface area contributed by atoms with Crippen LogP contribution in [0.2, 0.25) is 0 Å². The molecule has 0 aromatic heterocycles. The highest BCUT2D eigenvalue weighted by Crippen LogP contribution is 2.09. The lowest BCUT2D eigenvalue weighted by molar-refractivity contribution is 0.0686. The third-order valence-electron chi connectivity index (χ3n) is 2.96. The van der Waals surface area contributed by atoms with E-state index in [1.165, 1.54) is 0 Å². The van der Waals surface area contributed by atoms with Crippen molar-refractivity contribution in [1.29, 1.82) is 0 Å². The van der Waals surface area contributed by atoms with Crippen LogP contribution >= 0.6 is 15.9 Å². The van der Waals surface area contributed by atoms with Crippen LogP contribution in [0.25, 0.3) is 0 Å². The van der Waals surface area contributed by atoms with Gasteiger partial charge in [0.05, 0.1) is 28.2 Å². The summed E-state index contributed by atoms with van der Waals surface area (Å²) in [4.78, 5) is 20.2. The van der Waals surface area contributed by atoms with E-state index in [9.17, 15) is 9.59 Å². The Kier molecular flexibility index (Phi) is 11.9. The van der Waals surface area contributed by atoms with Gasteiger partial charge in [0.2, 0.25) is 0 Å². The second-order valence-electron chi connectivity index (χ2n) is 5.27.